The molecule has 1 saturated heterocycles. The van der Waals surface area contributed by atoms with E-state index in [2.05, 4.69) is 9.88 Å². The summed E-state index contributed by atoms with van der Waals surface area (Å²) in [5.41, 5.74) is 0. The quantitative estimate of drug-likeness (QED) is 0.613. The summed E-state index contributed by atoms with van der Waals surface area (Å²) in [6, 6.07) is 2.79. The third-order valence-corrected chi connectivity index (χ3v) is 4.01. The van der Waals surface area contributed by atoms with E-state index in [0.29, 0.717) is 12.3 Å². The fourth-order valence-electron chi connectivity index (χ4n) is 2.82. The van der Waals surface area contributed by atoms with Crippen LogP contribution in [0.4, 0.5) is 11.6 Å². The number of rotatable bonds is 4. The summed E-state index contributed by atoms with van der Waals surface area (Å²) in [5, 5.41) is 10.9. The van der Waals surface area contributed by atoms with Gasteiger partial charge in [0.25, 0.3) is 11.7 Å². The van der Waals surface area contributed by atoms with E-state index >= 15 is 0 Å². The number of hydrogen-bond donors (Lipinski definition) is 0. The first kappa shape index (κ1) is 14.7. The molecule has 0 saturated carbocycles. The van der Waals surface area contributed by atoms with Gasteiger partial charge in [0, 0.05) is 19.2 Å². The molecule has 0 aromatic carbocycles. The topological polar surface area (TPSA) is 88.8 Å². The zero-order valence-electron chi connectivity index (χ0n) is 12.2. The van der Waals surface area contributed by atoms with Crippen LogP contribution >= 0.6 is 0 Å². The van der Waals surface area contributed by atoms with Crippen molar-refractivity contribution in [1.82, 2.24) is 9.88 Å². The fraction of sp³-hybridized carbons (Fsp3) is 0.571. The van der Waals surface area contributed by atoms with Gasteiger partial charge >= 0.3 is 5.82 Å². The van der Waals surface area contributed by atoms with E-state index in [1.54, 1.807) is 0 Å². The van der Waals surface area contributed by atoms with Crippen LogP contribution in [0.25, 0.3) is 0 Å². The van der Waals surface area contributed by atoms with Crippen LogP contribution in [-0.4, -0.2) is 53.5 Å². The monoisotopic (exact) mass is 306 g/mol. The maximum absolute atomic E-state index is 12.1. The lowest BCUT2D eigenvalue weighted by Gasteiger charge is -2.30. The molecule has 1 aromatic rings. The highest BCUT2D eigenvalue weighted by Crippen LogP contribution is 2.31. The highest BCUT2D eigenvalue weighted by Gasteiger charge is 2.32. The SMILES string of the molecule is O=C1COc2ccc([N+](=O)[O-])nc2N1CCN1CCCCC1. The number of carbonyl (C=O) groups excluding carboxylic acids is 1. The Kier molecular flexibility index (Phi) is 4.19. The molecule has 1 fully saturated rings. The van der Waals surface area contributed by atoms with Crippen molar-refractivity contribution in [3.63, 3.8) is 0 Å². The van der Waals surface area contributed by atoms with E-state index in [0.717, 1.165) is 19.6 Å². The Morgan fingerprint density at radius 2 is 2.00 bits per heavy atom. The number of fused-ring (bicyclic) bond motifs is 1. The Morgan fingerprint density at radius 1 is 1.23 bits per heavy atom. The second-order valence-electron chi connectivity index (χ2n) is 5.48. The molecule has 0 N–H and O–H groups in total. The molecule has 0 bridgehead atoms. The molecule has 2 aliphatic rings. The van der Waals surface area contributed by atoms with E-state index in [1.165, 1.54) is 36.3 Å². The highest BCUT2D eigenvalue weighted by molar-refractivity contribution is 5.96. The van der Waals surface area contributed by atoms with Gasteiger partial charge in [0.1, 0.15) is 0 Å². The first-order valence-corrected chi connectivity index (χ1v) is 7.46. The predicted molar refractivity (Wildman–Crippen MR) is 79.0 cm³/mol. The van der Waals surface area contributed by atoms with Crippen LogP contribution in [0.2, 0.25) is 0 Å². The van der Waals surface area contributed by atoms with E-state index < -0.39 is 4.92 Å². The van der Waals surface area contributed by atoms with Gasteiger partial charge in [-0.15, -0.1) is 0 Å². The average Bonchev–Trinajstić information content (AvgIpc) is 2.54. The minimum absolute atomic E-state index is 0.0491. The molecule has 0 radical (unpaired) electrons. The number of amides is 1. The van der Waals surface area contributed by atoms with E-state index in [1.807, 2.05) is 0 Å². The molecule has 0 spiro atoms. The zero-order valence-corrected chi connectivity index (χ0v) is 12.2. The molecular weight excluding hydrogens is 288 g/mol. The number of aromatic nitrogens is 1. The molecule has 1 aromatic heterocycles. The first-order valence-electron chi connectivity index (χ1n) is 7.46. The lowest BCUT2D eigenvalue weighted by molar-refractivity contribution is -0.389. The molecule has 118 valence electrons. The summed E-state index contributed by atoms with van der Waals surface area (Å²) >= 11 is 0. The van der Waals surface area contributed by atoms with Crippen molar-refractivity contribution in [3.8, 4) is 5.75 Å². The van der Waals surface area contributed by atoms with Crippen molar-refractivity contribution in [3.05, 3.63) is 22.2 Å². The minimum Gasteiger partial charge on any atom is -0.477 e. The van der Waals surface area contributed by atoms with Crippen LogP contribution < -0.4 is 9.64 Å². The second-order valence-corrected chi connectivity index (χ2v) is 5.48. The number of carbonyl (C=O) groups is 1. The lowest BCUT2D eigenvalue weighted by atomic mass is 10.1. The number of anilines is 1. The van der Waals surface area contributed by atoms with Gasteiger partial charge in [0.2, 0.25) is 0 Å². The Morgan fingerprint density at radius 3 is 2.73 bits per heavy atom. The van der Waals surface area contributed by atoms with E-state index in [9.17, 15) is 14.9 Å². The number of likely N-dealkylation sites (tertiary alicyclic amines) is 1. The van der Waals surface area contributed by atoms with Gasteiger partial charge in [-0.05, 0) is 41.9 Å². The molecule has 8 heteroatoms. The molecular formula is C14H18N4O4. The van der Waals surface area contributed by atoms with Crippen molar-refractivity contribution in [1.29, 1.82) is 0 Å². The van der Waals surface area contributed by atoms with Crippen molar-refractivity contribution in [2.75, 3.05) is 37.7 Å². The van der Waals surface area contributed by atoms with Crippen LogP contribution in [0.5, 0.6) is 5.75 Å². The maximum Gasteiger partial charge on any atom is 0.366 e. The van der Waals surface area contributed by atoms with Crippen LogP contribution in [-0.2, 0) is 4.79 Å². The van der Waals surface area contributed by atoms with Crippen LogP contribution in [0, 0.1) is 10.1 Å². The number of nitro groups is 1. The van der Waals surface area contributed by atoms with Crippen molar-refractivity contribution < 1.29 is 14.5 Å². The van der Waals surface area contributed by atoms with Gasteiger partial charge < -0.3 is 19.8 Å². The normalized spacial score (nSPS) is 18.7. The molecule has 22 heavy (non-hydrogen) atoms. The smallest absolute Gasteiger partial charge is 0.366 e. The molecule has 8 nitrogen and oxygen atoms in total. The van der Waals surface area contributed by atoms with Gasteiger partial charge in [-0.3, -0.25) is 9.69 Å². The van der Waals surface area contributed by atoms with Crippen molar-refractivity contribution >= 4 is 17.5 Å². The molecule has 3 heterocycles. The molecule has 1 amide bonds. The summed E-state index contributed by atoms with van der Waals surface area (Å²) < 4.78 is 5.30. The second kappa shape index (κ2) is 6.27. The largest absolute Gasteiger partial charge is 0.477 e. The number of pyridine rings is 1. The fourth-order valence-corrected chi connectivity index (χ4v) is 2.82. The van der Waals surface area contributed by atoms with Crippen molar-refractivity contribution in [2.24, 2.45) is 0 Å². The molecule has 2 aliphatic heterocycles. The zero-order chi connectivity index (χ0) is 15.5. The summed E-state index contributed by atoms with van der Waals surface area (Å²) in [6.45, 7) is 3.24. The third-order valence-electron chi connectivity index (χ3n) is 4.01. The number of hydrogen-bond acceptors (Lipinski definition) is 6. The average molecular weight is 306 g/mol. The minimum atomic E-state index is -0.567. The van der Waals surface area contributed by atoms with E-state index in [-0.39, 0.29) is 24.1 Å². The Hall–Kier alpha value is -2.22. The summed E-state index contributed by atoms with van der Waals surface area (Å²) in [4.78, 5) is 30.2. The molecule has 0 aliphatic carbocycles. The predicted octanol–water partition coefficient (Wildman–Crippen LogP) is 1.20. The standard InChI is InChI=1S/C14H18N4O4/c19-13-10-22-11-4-5-12(18(20)21)15-14(11)17(13)9-8-16-6-2-1-3-7-16/h4-5H,1-3,6-10H2. The summed E-state index contributed by atoms with van der Waals surface area (Å²) in [7, 11) is 0. The summed E-state index contributed by atoms with van der Waals surface area (Å²) in [5.74, 6) is 0.184. The van der Waals surface area contributed by atoms with Gasteiger partial charge in [-0.1, -0.05) is 6.42 Å². The molecule has 0 unspecified atom stereocenters. The third kappa shape index (κ3) is 3.01. The molecule has 3 rings (SSSR count). The van der Waals surface area contributed by atoms with Crippen LogP contribution in [0.3, 0.4) is 0 Å². The Labute approximate surface area is 127 Å². The highest BCUT2D eigenvalue weighted by atomic mass is 16.6. The van der Waals surface area contributed by atoms with Gasteiger partial charge in [-0.2, -0.15) is 0 Å². The number of piperidine rings is 1. The van der Waals surface area contributed by atoms with Gasteiger partial charge in [-0.25, -0.2) is 0 Å². The molecule has 0 atom stereocenters. The summed E-state index contributed by atoms with van der Waals surface area (Å²) in [6.07, 6.45) is 3.61. The van der Waals surface area contributed by atoms with Crippen LogP contribution in [0.15, 0.2) is 12.1 Å². The Balaban J connectivity index is 1.77. The van der Waals surface area contributed by atoms with Gasteiger partial charge in [0.15, 0.2) is 12.4 Å². The lowest BCUT2D eigenvalue weighted by Crippen LogP contribution is -2.44. The van der Waals surface area contributed by atoms with Gasteiger partial charge in [0.05, 0.1) is 0 Å². The maximum atomic E-state index is 12.1. The number of ether oxygens (including phenoxy) is 1. The number of nitrogens with zero attached hydrogens (tertiary/aromatic N) is 4. The van der Waals surface area contributed by atoms with Crippen molar-refractivity contribution in [2.45, 2.75) is 19.3 Å². The Bertz CT molecular complexity index is 586. The van der Waals surface area contributed by atoms with E-state index in [4.69, 9.17) is 4.74 Å². The first-order chi connectivity index (χ1) is 10.6. The van der Waals surface area contributed by atoms with Crippen LogP contribution in [0.1, 0.15) is 19.3 Å².